The Hall–Kier alpha value is -2.07. The molecule has 0 saturated carbocycles. The van der Waals surface area contributed by atoms with E-state index in [1.807, 2.05) is 0 Å². The molecule has 84 valence electrons. The van der Waals surface area contributed by atoms with Crippen LogP contribution in [-0.4, -0.2) is 19.2 Å². The van der Waals surface area contributed by atoms with Crippen molar-refractivity contribution in [3.8, 4) is 0 Å². The van der Waals surface area contributed by atoms with Crippen LogP contribution in [-0.2, 0) is 16.1 Å². The number of rotatable bonds is 3. The summed E-state index contributed by atoms with van der Waals surface area (Å²) >= 11 is 0. The normalized spacial score (nSPS) is 9.44. The molecule has 16 heavy (non-hydrogen) atoms. The molecule has 0 saturated heterocycles. The highest BCUT2D eigenvalue weighted by Crippen LogP contribution is 2.16. The summed E-state index contributed by atoms with van der Waals surface area (Å²) in [6, 6.07) is 1.92. The van der Waals surface area contributed by atoms with Crippen molar-refractivity contribution in [3.63, 3.8) is 0 Å². The second-order valence-electron chi connectivity index (χ2n) is 2.84. The number of isocyanates is 1. The summed E-state index contributed by atoms with van der Waals surface area (Å²) in [6.45, 7) is -0.176. The predicted molar refractivity (Wildman–Crippen MR) is 49.5 cm³/mol. The summed E-state index contributed by atoms with van der Waals surface area (Å²) < 4.78 is 30.5. The van der Waals surface area contributed by atoms with Gasteiger partial charge in [0.1, 0.15) is 0 Å². The molecule has 0 fully saturated rings. The molecule has 0 aliphatic heterocycles. The Bertz CT molecular complexity index is 467. The van der Waals surface area contributed by atoms with Crippen LogP contribution in [0.5, 0.6) is 0 Å². The topological polar surface area (TPSA) is 55.7 Å². The maximum atomic E-state index is 13.2. The van der Waals surface area contributed by atoms with Crippen molar-refractivity contribution in [1.82, 2.24) is 0 Å². The minimum Gasteiger partial charge on any atom is -0.465 e. The van der Waals surface area contributed by atoms with Crippen molar-refractivity contribution in [2.24, 2.45) is 4.99 Å². The molecule has 0 spiro atoms. The van der Waals surface area contributed by atoms with E-state index in [4.69, 9.17) is 0 Å². The summed E-state index contributed by atoms with van der Waals surface area (Å²) in [6.07, 6.45) is 1.26. The zero-order valence-corrected chi connectivity index (χ0v) is 8.29. The Labute approximate surface area is 89.6 Å². The first-order chi connectivity index (χ1) is 7.60. The first-order valence-corrected chi connectivity index (χ1v) is 4.20. The third-order valence-electron chi connectivity index (χ3n) is 1.82. The van der Waals surface area contributed by atoms with Gasteiger partial charge in [-0.05, 0) is 17.7 Å². The number of halogens is 2. The van der Waals surface area contributed by atoms with Gasteiger partial charge >= 0.3 is 5.97 Å². The molecule has 1 aromatic carbocycles. The highest BCUT2D eigenvalue weighted by atomic mass is 19.2. The molecule has 0 bridgehead atoms. The van der Waals surface area contributed by atoms with Crippen LogP contribution in [0.25, 0.3) is 0 Å². The van der Waals surface area contributed by atoms with Crippen LogP contribution >= 0.6 is 0 Å². The maximum Gasteiger partial charge on any atom is 0.340 e. The van der Waals surface area contributed by atoms with Crippen LogP contribution in [0.1, 0.15) is 15.9 Å². The van der Waals surface area contributed by atoms with Gasteiger partial charge in [0, 0.05) is 0 Å². The quantitative estimate of drug-likeness (QED) is 0.447. The smallest absolute Gasteiger partial charge is 0.340 e. The van der Waals surface area contributed by atoms with Crippen molar-refractivity contribution in [2.45, 2.75) is 6.54 Å². The number of ether oxygens (including phenoxy) is 1. The van der Waals surface area contributed by atoms with Gasteiger partial charge in [-0.2, -0.15) is 0 Å². The van der Waals surface area contributed by atoms with E-state index in [0.29, 0.717) is 0 Å². The van der Waals surface area contributed by atoms with Crippen LogP contribution < -0.4 is 0 Å². The molecular formula is C10H7F2NO3. The minimum atomic E-state index is -1.29. The number of hydrogen-bond acceptors (Lipinski definition) is 4. The van der Waals surface area contributed by atoms with Gasteiger partial charge in [0.05, 0.1) is 19.2 Å². The molecule has 1 rings (SSSR count). The van der Waals surface area contributed by atoms with Crippen molar-refractivity contribution < 1.29 is 23.1 Å². The minimum absolute atomic E-state index is 0.176. The summed E-state index contributed by atoms with van der Waals surface area (Å²) in [7, 11) is 1.05. The van der Waals surface area contributed by atoms with E-state index in [0.717, 1.165) is 19.2 Å². The molecule has 0 atom stereocenters. The Kier molecular flexibility index (Phi) is 3.85. The van der Waals surface area contributed by atoms with Gasteiger partial charge in [0.25, 0.3) is 0 Å². The first-order valence-electron chi connectivity index (χ1n) is 4.20. The lowest BCUT2D eigenvalue weighted by molar-refractivity contribution is 0.0594. The fourth-order valence-electron chi connectivity index (χ4n) is 1.12. The maximum absolute atomic E-state index is 13.2. The number of benzene rings is 1. The van der Waals surface area contributed by atoms with Crippen LogP contribution in [0, 0.1) is 11.6 Å². The van der Waals surface area contributed by atoms with E-state index >= 15 is 0 Å². The Morgan fingerprint density at radius 1 is 1.50 bits per heavy atom. The van der Waals surface area contributed by atoms with Gasteiger partial charge in [-0.25, -0.2) is 23.4 Å². The first kappa shape index (κ1) is 12.0. The van der Waals surface area contributed by atoms with Crippen molar-refractivity contribution in [1.29, 1.82) is 0 Å². The summed E-state index contributed by atoms with van der Waals surface area (Å²) in [4.78, 5) is 24.1. The number of carbonyl (C=O) groups excluding carboxylic acids is 2. The van der Waals surface area contributed by atoms with Gasteiger partial charge in [0.15, 0.2) is 11.6 Å². The highest BCUT2D eigenvalue weighted by Gasteiger charge is 2.17. The van der Waals surface area contributed by atoms with Crippen molar-refractivity contribution in [2.75, 3.05) is 7.11 Å². The van der Waals surface area contributed by atoms with E-state index in [1.54, 1.807) is 0 Å². The fourth-order valence-corrected chi connectivity index (χ4v) is 1.12. The molecule has 0 radical (unpaired) electrons. The van der Waals surface area contributed by atoms with Crippen LogP contribution in [0.4, 0.5) is 8.78 Å². The average Bonchev–Trinajstić information content (AvgIpc) is 2.29. The average molecular weight is 227 g/mol. The van der Waals surface area contributed by atoms with Crippen LogP contribution in [0.2, 0.25) is 0 Å². The SMILES string of the molecule is COC(=O)c1cc(CN=C=O)cc(F)c1F. The monoisotopic (exact) mass is 227 g/mol. The zero-order valence-electron chi connectivity index (χ0n) is 8.29. The largest absolute Gasteiger partial charge is 0.465 e. The molecule has 6 heteroatoms. The Morgan fingerprint density at radius 2 is 2.19 bits per heavy atom. The van der Waals surface area contributed by atoms with E-state index in [2.05, 4.69) is 9.73 Å². The van der Waals surface area contributed by atoms with Crippen molar-refractivity contribution >= 4 is 12.0 Å². The van der Waals surface area contributed by atoms with E-state index in [-0.39, 0.29) is 12.1 Å². The lowest BCUT2D eigenvalue weighted by Crippen LogP contribution is -2.07. The summed E-state index contributed by atoms with van der Waals surface area (Å²) in [5, 5.41) is 0. The number of nitrogens with zero attached hydrogens (tertiary/aromatic N) is 1. The standard InChI is InChI=1S/C10H7F2NO3/c1-16-10(15)7-2-6(4-13-5-14)3-8(11)9(7)12/h2-3H,4H2,1H3. The highest BCUT2D eigenvalue weighted by molar-refractivity contribution is 5.89. The van der Waals surface area contributed by atoms with Gasteiger partial charge in [-0.1, -0.05) is 0 Å². The summed E-state index contributed by atoms with van der Waals surface area (Å²) in [5.41, 5.74) is -0.346. The molecule has 0 aliphatic rings. The molecule has 4 nitrogen and oxygen atoms in total. The molecular weight excluding hydrogens is 220 g/mol. The molecule has 1 aromatic rings. The lowest BCUT2D eigenvalue weighted by Gasteiger charge is -2.04. The molecule has 0 amide bonds. The zero-order chi connectivity index (χ0) is 12.1. The number of esters is 1. The van der Waals surface area contributed by atoms with Gasteiger partial charge in [-0.15, -0.1) is 0 Å². The van der Waals surface area contributed by atoms with Gasteiger partial charge in [-0.3, -0.25) is 0 Å². The molecule has 0 aromatic heterocycles. The van der Waals surface area contributed by atoms with E-state index in [9.17, 15) is 18.4 Å². The molecule has 0 heterocycles. The second-order valence-corrected chi connectivity index (χ2v) is 2.84. The summed E-state index contributed by atoms with van der Waals surface area (Å²) in [5.74, 6) is -3.47. The lowest BCUT2D eigenvalue weighted by atomic mass is 10.1. The van der Waals surface area contributed by atoms with Crippen LogP contribution in [0.15, 0.2) is 17.1 Å². The van der Waals surface area contributed by atoms with E-state index < -0.39 is 23.2 Å². The number of methoxy groups -OCH3 is 1. The third-order valence-corrected chi connectivity index (χ3v) is 1.82. The molecule has 0 N–H and O–H groups in total. The molecule has 0 aliphatic carbocycles. The van der Waals surface area contributed by atoms with Crippen LogP contribution in [0.3, 0.4) is 0 Å². The Morgan fingerprint density at radius 3 is 2.75 bits per heavy atom. The Balaban J connectivity index is 3.21. The van der Waals surface area contributed by atoms with E-state index in [1.165, 1.54) is 6.08 Å². The third kappa shape index (κ3) is 2.49. The fraction of sp³-hybridized carbons (Fsp3) is 0.200. The second kappa shape index (κ2) is 5.14. The number of carbonyl (C=O) groups is 1. The molecule has 0 unspecified atom stereocenters. The van der Waals surface area contributed by atoms with Gasteiger partial charge < -0.3 is 4.74 Å². The van der Waals surface area contributed by atoms with Gasteiger partial charge in [0.2, 0.25) is 6.08 Å². The number of hydrogen-bond donors (Lipinski definition) is 0. The predicted octanol–water partition coefficient (Wildman–Crippen LogP) is 1.59. The number of aliphatic imine (C=N–C) groups is 1. The van der Waals surface area contributed by atoms with Crippen molar-refractivity contribution in [3.05, 3.63) is 34.9 Å².